The van der Waals surface area contributed by atoms with E-state index >= 15 is 0 Å². The van der Waals surface area contributed by atoms with E-state index in [0.717, 1.165) is 37.2 Å². The van der Waals surface area contributed by atoms with E-state index in [1.54, 1.807) is 0 Å². The molecule has 0 aliphatic carbocycles. The van der Waals surface area contributed by atoms with Crippen LogP contribution in [0.15, 0.2) is 22.7 Å². The maximum absolute atomic E-state index is 3.60. The lowest BCUT2D eigenvalue weighted by Gasteiger charge is -2.35. The van der Waals surface area contributed by atoms with Crippen molar-refractivity contribution in [3.63, 3.8) is 0 Å². The van der Waals surface area contributed by atoms with Crippen LogP contribution in [-0.4, -0.2) is 44.2 Å². The molecule has 0 aromatic heterocycles. The van der Waals surface area contributed by atoms with Crippen LogP contribution in [0, 0.1) is 0 Å². The SMILES string of the molecule is CC(C)NCc1ccc(Br)cc1N1CCN(C)CC1. The number of nitrogens with zero attached hydrogens (tertiary/aromatic N) is 2. The second-order valence-electron chi connectivity index (χ2n) is 5.60. The Morgan fingerprint density at radius 3 is 2.53 bits per heavy atom. The molecule has 0 radical (unpaired) electrons. The van der Waals surface area contributed by atoms with Crippen molar-refractivity contribution in [2.45, 2.75) is 26.4 Å². The van der Waals surface area contributed by atoms with Crippen molar-refractivity contribution in [2.75, 3.05) is 38.1 Å². The molecule has 2 rings (SSSR count). The van der Waals surface area contributed by atoms with Crippen LogP contribution in [0.3, 0.4) is 0 Å². The van der Waals surface area contributed by atoms with Crippen LogP contribution in [0.2, 0.25) is 0 Å². The Balaban J connectivity index is 2.14. The maximum Gasteiger partial charge on any atom is 0.0424 e. The number of rotatable bonds is 4. The summed E-state index contributed by atoms with van der Waals surface area (Å²) in [6.45, 7) is 9.83. The van der Waals surface area contributed by atoms with Crippen LogP contribution in [0.25, 0.3) is 0 Å². The Bertz CT molecular complexity index is 412. The molecule has 1 aromatic carbocycles. The van der Waals surface area contributed by atoms with E-state index in [9.17, 15) is 0 Å². The van der Waals surface area contributed by atoms with Crippen LogP contribution in [0.4, 0.5) is 5.69 Å². The molecule has 1 fully saturated rings. The lowest BCUT2D eigenvalue weighted by molar-refractivity contribution is 0.312. The third-order valence-corrected chi connectivity index (χ3v) is 4.09. The van der Waals surface area contributed by atoms with Crippen LogP contribution in [-0.2, 0) is 6.54 Å². The predicted octanol–water partition coefficient (Wildman–Crippen LogP) is 2.70. The molecule has 0 amide bonds. The molecule has 0 atom stereocenters. The molecule has 4 heteroatoms. The zero-order valence-electron chi connectivity index (χ0n) is 12.1. The quantitative estimate of drug-likeness (QED) is 0.918. The van der Waals surface area contributed by atoms with Crippen LogP contribution >= 0.6 is 15.9 Å². The number of anilines is 1. The van der Waals surface area contributed by atoms with E-state index in [2.05, 4.69) is 70.1 Å². The molecule has 0 unspecified atom stereocenters. The summed E-state index contributed by atoms with van der Waals surface area (Å²) in [5, 5.41) is 3.52. The molecular formula is C15H24BrN3. The van der Waals surface area contributed by atoms with Gasteiger partial charge in [-0.3, -0.25) is 0 Å². The zero-order chi connectivity index (χ0) is 13.8. The Labute approximate surface area is 125 Å². The number of halogens is 1. The number of hydrogen-bond acceptors (Lipinski definition) is 3. The predicted molar refractivity (Wildman–Crippen MR) is 85.8 cm³/mol. The number of piperazine rings is 1. The smallest absolute Gasteiger partial charge is 0.0424 e. The lowest BCUT2D eigenvalue weighted by atomic mass is 10.1. The minimum absolute atomic E-state index is 0.518. The topological polar surface area (TPSA) is 18.5 Å². The van der Waals surface area contributed by atoms with Gasteiger partial charge >= 0.3 is 0 Å². The van der Waals surface area contributed by atoms with Crippen LogP contribution in [0.1, 0.15) is 19.4 Å². The molecule has 1 saturated heterocycles. The van der Waals surface area contributed by atoms with Crippen molar-refractivity contribution in [3.05, 3.63) is 28.2 Å². The molecule has 0 spiro atoms. The molecule has 19 heavy (non-hydrogen) atoms. The van der Waals surface area contributed by atoms with Crippen LogP contribution < -0.4 is 10.2 Å². The second-order valence-corrected chi connectivity index (χ2v) is 6.51. The average molecular weight is 326 g/mol. The summed E-state index contributed by atoms with van der Waals surface area (Å²) in [6.07, 6.45) is 0. The Kier molecular flexibility index (Phi) is 5.25. The number of likely N-dealkylation sites (N-methyl/N-ethyl adjacent to an activating group) is 1. The summed E-state index contributed by atoms with van der Waals surface area (Å²) >= 11 is 3.60. The van der Waals surface area contributed by atoms with Crippen molar-refractivity contribution in [1.29, 1.82) is 0 Å². The van der Waals surface area contributed by atoms with Gasteiger partial charge in [-0.2, -0.15) is 0 Å². The van der Waals surface area contributed by atoms with Gasteiger partial charge in [0.1, 0.15) is 0 Å². The van der Waals surface area contributed by atoms with Crippen molar-refractivity contribution in [3.8, 4) is 0 Å². The van der Waals surface area contributed by atoms with Gasteiger partial charge < -0.3 is 15.1 Å². The van der Waals surface area contributed by atoms with E-state index in [1.165, 1.54) is 11.3 Å². The van der Waals surface area contributed by atoms with Gasteiger partial charge in [-0.15, -0.1) is 0 Å². The van der Waals surface area contributed by atoms with Gasteiger partial charge in [-0.1, -0.05) is 35.8 Å². The van der Waals surface area contributed by atoms with Crippen molar-refractivity contribution in [1.82, 2.24) is 10.2 Å². The summed E-state index contributed by atoms with van der Waals surface area (Å²) in [6, 6.07) is 7.14. The van der Waals surface area contributed by atoms with Crippen LogP contribution in [0.5, 0.6) is 0 Å². The van der Waals surface area contributed by atoms with Gasteiger partial charge in [0, 0.05) is 48.9 Å². The number of hydrogen-bond donors (Lipinski definition) is 1. The standard InChI is InChI=1S/C15H24BrN3/c1-12(2)17-11-13-4-5-14(16)10-15(13)19-8-6-18(3)7-9-19/h4-5,10,12,17H,6-9,11H2,1-3H3. The van der Waals surface area contributed by atoms with Crippen molar-refractivity contribution in [2.24, 2.45) is 0 Å². The Morgan fingerprint density at radius 1 is 1.21 bits per heavy atom. The molecule has 0 bridgehead atoms. The van der Waals surface area contributed by atoms with E-state index in [-0.39, 0.29) is 0 Å². The molecule has 1 aliphatic heterocycles. The molecule has 0 saturated carbocycles. The largest absolute Gasteiger partial charge is 0.369 e. The minimum atomic E-state index is 0.518. The van der Waals surface area contributed by atoms with E-state index in [1.807, 2.05) is 0 Å². The molecule has 1 aromatic rings. The highest BCUT2D eigenvalue weighted by Crippen LogP contribution is 2.26. The Morgan fingerprint density at radius 2 is 1.89 bits per heavy atom. The van der Waals surface area contributed by atoms with Gasteiger partial charge in [0.05, 0.1) is 0 Å². The number of nitrogens with one attached hydrogen (secondary N) is 1. The molecule has 3 nitrogen and oxygen atoms in total. The van der Waals surface area contributed by atoms with Gasteiger partial charge in [0.2, 0.25) is 0 Å². The summed E-state index contributed by atoms with van der Waals surface area (Å²) < 4.78 is 1.16. The normalized spacial score (nSPS) is 17.2. The van der Waals surface area contributed by atoms with Gasteiger partial charge in [0.15, 0.2) is 0 Å². The molecule has 1 aliphatic rings. The van der Waals surface area contributed by atoms with Gasteiger partial charge in [0.25, 0.3) is 0 Å². The molecule has 1 heterocycles. The first kappa shape index (κ1) is 14.8. The zero-order valence-corrected chi connectivity index (χ0v) is 13.7. The summed E-state index contributed by atoms with van der Waals surface area (Å²) in [7, 11) is 2.19. The lowest BCUT2D eigenvalue weighted by Crippen LogP contribution is -2.45. The molecule has 106 valence electrons. The summed E-state index contributed by atoms with van der Waals surface area (Å²) in [4.78, 5) is 4.89. The van der Waals surface area contributed by atoms with Crippen molar-refractivity contribution < 1.29 is 0 Å². The Hall–Kier alpha value is -0.580. The third kappa shape index (κ3) is 4.20. The molecular weight excluding hydrogens is 302 g/mol. The first-order valence-corrected chi connectivity index (χ1v) is 7.81. The van der Waals surface area contributed by atoms with E-state index in [4.69, 9.17) is 0 Å². The minimum Gasteiger partial charge on any atom is -0.369 e. The third-order valence-electron chi connectivity index (χ3n) is 3.59. The summed E-state index contributed by atoms with van der Waals surface area (Å²) in [5.41, 5.74) is 2.76. The van der Waals surface area contributed by atoms with Gasteiger partial charge in [-0.05, 0) is 24.7 Å². The van der Waals surface area contributed by atoms with E-state index in [0.29, 0.717) is 6.04 Å². The highest BCUT2D eigenvalue weighted by atomic mass is 79.9. The fraction of sp³-hybridized carbons (Fsp3) is 0.600. The highest BCUT2D eigenvalue weighted by Gasteiger charge is 2.17. The first-order chi connectivity index (χ1) is 9.06. The fourth-order valence-electron chi connectivity index (χ4n) is 2.34. The summed E-state index contributed by atoms with van der Waals surface area (Å²) in [5.74, 6) is 0. The molecule has 1 N–H and O–H groups in total. The fourth-order valence-corrected chi connectivity index (χ4v) is 2.69. The average Bonchev–Trinajstić information content (AvgIpc) is 2.38. The second kappa shape index (κ2) is 6.73. The number of benzene rings is 1. The van der Waals surface area contributed by atoms with E-state index < -0.39 is 0 Å². The monoisotopic (exact) mass is 325 g/mol. The highest BCUT2D eigenvalue weighted by molar-refractivity contribution is 9.10. The van der Waals surface area contributed by atoms with Crippen molar-refractivity contribution >= 4 is 21.6 Å². The maximum atomic E-state index is 3.60. The van der Waals surface area contributed by atoms with Gasteiger partial charge in [-0.25, -0.2) is 0 Å². The first-order valence-electron chi connectivity index (χ1n) is 7.01.